The Morgan fingerprint density at radius 3 is 2.36 bits per heavy atom. The van der Waals surface area contributed by atoms with Crippen molar-refractivity contribution in [1.82, 2.24) is 0 Å². The third-order valence-electron chi connectivity index (χ3n) is 4.37. The molecule has 0 bridgehead atoms. The summed E-state index contributed by atoms with van der Waals surface area (Å²) in [6, 6.07) is 7.13. The SMILES string of the molecule is COc1cc2c(c(OC)c1OC)C(c1cccc(OC(F)(F)F)c1)CC(=O)N2. The lowest BCUT2D eigenvalue weighted by molar-refractivity contribution is -0.274. The molecule has 0 fully saturated rings. The second kappa shape index (κ2) is 7.49. The first-order chi connectivity index (χ1) is 13.3. The van der Waals surface area contributed by atoms with Crippen molar-refractivity contribution in [3.05, 3.63) is 41.5 Å². The van der Waals surface area contributed by atoms with Gasteiger partial charge in [-0.05, 0) is 17.7 Å². The number of benzene rings is 2. The van der Waals surface area contributed by atoms with Crippen LogP contribution in [0.1, 0.15) is 23.5 Å². The average molecular weight is 397 g/mol. The number of anilines is 1. The zero-order valence-corrected chi connectivity index (χ0v) is 15.3. The highest BCUT2D eigenvalue weighted by Crippen LogP contribution is 2.51. The number of amides is 1. The quantitative estimate of drug-likeness (QED) is 0.824. The number of fused-ring (bicyclic) bond motifs is 1. The van der Waals surface area contributed by atoms with Crippen molar-refractivity contribution in [3.8, 4) is 23.0 Å². The second-order valence-electron chi connectivity index (χ2n) is 6.03. The van der Waals surface area contributed by atoms with E-state index >= 15 is 0 Å². The van der Waals surface area contributed by atoms with Gasteiger partial charge in [0.05, 0.1) is 27.0 Å². The van der Waals surface area contributed by atoms with Crippen LogP contribution in [0.15, 0.2) is 30.3 Å². The van der Waals surface area contributed by atoms with Crippen molar-refractivity contribution in [1.29, 1.82) is 0 Å². The lowest BCUT2D eigenvalue weighted by atomic mass is 9.83. The number of hydrogen-bond acceptors (Lipinski definition) is 5. The van der Waals surface area contributed by atoms with Gasteiger partial charge >= 0.3 is 6.36 Å². The van der Waals surface area contributed by atoms with Crippen molar-refractivity contribution in [2.24, 2.45) is 0 Å². The molecule has 2 aromatic carbocycles. The maximum Gasteiger partial charge on any atom is 0.573 e. The van der Waals surface area contributed by atoms with Crippen molar-refractivity contribution < 1.29 is 36.9 Å². The summed E-state index contributed by atoms with van der Waals surface area (Å²) in [6.07, 6.45) is -4.79. The molecule has 0 aromatic heterocycles. The number of carbonyl (C=O) groups excluding carboxylic acids is 1. The molecule has 0 spiro atoms. The summed E-state index contributed by atoms with van der Waals surface area (Å²) in [6.45, 7) is 0. The molecule has 150 valence electrons. The zero-order chi connectivity index (χ0) is 20.5. The van der Waals surface area contributed by atoms with Gasteiger partial charge in [-0.2, -0.15) is 0 Å². The third kappa shape index (κ3) is 3.78. The van der Waals surface area contributed by atoms with Gasteiger partial charge in [0.25, 0.3) is 0 Å². The van der Waals surface area contributed by atoms with Gasteiger partial charge in [0.1, 0.15) is 5.75 Å². The first-order valence-corrected chi connectivity index (χ1v) is 8.25. The summed E-state index contributed by atoms with van der Waals surface area (Å²) >= 11 is 0. The Labute approximate surface area is 159 Å². The molecule has 1 N–H and O–H groups in total. The fraction of sp³-hybridized carbons (Fsp3) is 0.316. The van der Waals surface area contributed by atoms with Crippen molar-refractivity contribution in [2.45, 2.75) is 18.7 Å². The standard InChI is InChI=1S/C19H18F3NO5/c1-25-14-9-13-16(18(27-3)17(14)26-2)12(8-15(24)23-13)10-5-4-6-11(7-10)28-19(20,21)22/h4-7,9,12H,8H2,1-3H3,(H,23,24). The molecule has 6 nitrogen and oxygen atoms in total. The molecule has 1 amide bonds. The van der Waals surface area contributed by atoms with Crippen LogP contribution in [-0.4, -0.2) is 33.6 Å². The van der Waals surface area contributed by atoms with E-state index in [9.17, 15) is 18.0 Å². The van der Waals surface area contributed by atoms with Crippen molar-refractivity contribution in [3.63, 3.8) is 0 Å². The Morgan fingerprint density at radius 1 is 1.04 bits per heavy atom. The lowest BCUT2D eigenvalue weighted by Crippen LogP contribution is -2.24. The molecule has 9 heteroatoms. The maximum atomic E-state index is 12.6. The number of carbonyl (C=O) groups is 1. The fourth-order valence-corrected chi connectivity index (χ4v) is 3.33. The molecular weight excluding hydrogens is 379 g/mol. The Morgan fingerprint density at radius 2 is 1.75 bits per heavy atom. The summed E-state index contributed by atoms with van der Waals surface area (Å²) in [4.78, 5) is 12.2. The number of ether oxygens (including phenoxy) is 4. The van der Waals surface area contributed by atoms with Crippen LogP contribution in [0.5, 0.6) is 23.0 Å². The van der Waals surface area contributed by atoms with E-state index in [2.05, 4.69) is 10.1 Å². The molecule has 28 heavy (non-hydrogen) atoms. The predicted octanol–water partition coefficient (Wildman–Crippen LogP) is 4.09. The summed E-state index contributed by atoms with van der Waals surface area (Å²) < 4.78 is 57.9. The number of hydrogen-bond donors (Lipinski definition) is 1. The fourth-order valence-electron chi connectivity index (χ4n) is 3.33. The number of halogens is 3. The topological polar surface area (TPSA) is 66.0 Å². The largest absolute Gasteiger partial charge is 0.573 e. The van der Waals surface area contributed by atoms with Gasteiger partial charge in [0.2, 0.25) is 11.7 Å². The van der Waals surface area contributed by atoms with E-state index in [1.165, 1.54) is 39.5 Å². The van der Waals surface area contributed by atoms with Crippen LogP contribution in [-0.2, 0) is 4.79 Å². The first-order valence-electron chi connectivity index (χ1n) is 8.25. The molecule has 0 aliphatic carbocycles. The Bertz CT molecular complexity index is 898. The summed E-state index contributed by atoms with van der Waals surface area (Å²) in [5.74, 6) is -0.189. The number of alkyl halides is 3. The molecule has 0 saturated heterocycles. The third-order valence-corrected chi connectivity index (χ3v) is 4.37. The summed E-state index contributed by atoms with van der Waals surface area (Å²) in [5, 5.41) is 2.75. The van der Waals surface area contributed by atoms with E-state index in [-0.39, 0.29) is 18.1 Å². The Kier molecular flexibility index (Phi) is 5.26. The maximum absolute atomic E-state index is 12.6. The van der Waals surface area contributed by atoms with E-state index in [1.807, 2.05) is 0 Å². The van der Waals surface area contributed by atoms with Crippen LogP contribution < -0.4 is 24.3 Å². The molecular formula is C19H18F3NO5. The van der Waals surface area contributed by atoms with Gasteiger partial charge < -0.3 is 24.3 Å². The lowest BCUT2D eigenvalue weighted by Gasteiger charge is -2.29. The predicted molar refractivity (Wildman–Crippen MR) is 94.3 cm³/mol. The van der Waals surface area contributed by atoms with Gasteiger partial charge in [-0.3, -0.25) is 4.79 Å². The molecule has 1 atom stereocenters. The monoisotopic (exact) mass is 397 g/mol. The zero-order valence-electron chi connectivity index (χ0n) is 15.3. The molecule has 1 unspecified atom stereocenters. The van der Waals surface area contributed by atoms with E-state index < -0.39 is 12.3 Å². The van der Waals surface area contributed by atoms with E-state index in [1.54, 1.807) is 12.1 Å². The molecule has 2 aromatic rings. The van der Waals surface area contributed by atoms with E-state index in [0.717, 1.165) is 0 Å². The first kappa shape index (κ1) is 19.7. The van der Waals surface area contributed by atoms with Crippen LogP contribution in [0.3, 0.4) is 0 Å². The van der Waals surface area contributed by atoms with Gasteiger partial charge in [0.15, 0.2) is 11.5 Å². The number of rotatable bonds is 5. The molecule has 0 radical (unpaired) electrons. The van der Waals surface area contributed by atoms with Gasteiger partial charge in [-0.1, -0.05) is 12.1 Å². The Balaban J connectivity index is 2.15. The minimum atomic E-state index is -4.81. The van der Waals surface area contributed by atoms with Crippen molar-refractivity contribution >= 4 is 11.6 Å². The van der Waals surface area contributed by atoms with Crippen LogP contribution in [0.2, 0.25) is 0 Å². The molecule has 3 rings (SSSR count). The number of nitrogens with one attached hydrogen (secondary N) is 1. The molecule has 1 heterocycles. The Hall–Kier alpha value is -3.10. The van der Waals surface area contributed by atoms with Crippen molar-refractivity contribution in [2.75, 3.05) is 26.6 Å². The highest BCUT2D eigenvalue weighted by atomic mass is 19.4. The minimum Gasteiger partial charge on any atom is -0.493 e. The molecule has 1 aliphatic heterocycles. The average Bonchev–Trinajstić information content (AvgIpc) is 2.64. The van der Waals surface area contributed by atoms with Gasteiger partial charge in [-0.25, -0.2) is 0 Å². The van der Waals surface area contributed by atoms with Gasteiger partial charge in [0, 0.05) is 24.0 Å². The highest BCUT2D eigenvalue weighted by Gasteiger charge is 2.35. The van der Waals surface area contributed by atoms with Gasteiger partial charge in [-0.15, -0.1) is 13.2 Å². The molecule has 0 saturated carbocycles. The normalized spacial score (nSPS) is 16.1. The second-order valence-corrected chi connectivity index (χ2v) is 6.03. The van der Waals surface area contributed by atoms with E-state index in [4.69, 9.17) is 14.2 Å². The number of methoxy groups -OCH3 is 3. The van der Waals surface area contributed by atoms with Crippen LogP contribution in [0, 0.1) is 0 Å². The van der Waals surface area contributed by atoms with Crippen LogP contribution >= 0.6 is 0 Å². The van der Waals surface area contributed by atoms with Crippen LogP contribution in [0.4, 0.5) is 18.9 Å². The van der Waals surface area contributed by atoms with Crippen LogP contribution in [0.25, 0.3) is 0 Å². The summed E-state index contributed by atoms with van der Waals surface area (Å²) in [7, 11) is 4.33. The highest BCUT2D eigenvalue weighted by molar-refractivity contribution is 5.97. The summed E-state index contributed by atoms with van der Waals surface area (Å²) in [5.41, 5.74) is 1.50. The van der Waals surface area contributed by atoms with E-state index in [0.29, 0.717) is 34.1 Å². The molecule has 1 aliphatic rings. The smallest absolute Gasteiger partial charge is 0.493 e. The minimum absolute atomic E-state index is 0.0221.